The van der Waals surface area contributed by atoms with Crippen LogP contribution in [-0.2, 0) is 19.3 Å². The number of fused-ring (bicyclic) bond motifs is 1. The second-order valence-electron chi connectivity index (χ2n) is 7.68. The SMILES string of the molecule is COC(=O)NC1(CCCCCCCCCCCCOS(=O)(=O)O)N=c2ccccc2=N1. The fourth-order valence-electron chi connectivity index (χ4n) is 3.57. The Bertz CT molecular complexity index is 884. The van der Waals surface area contributed by atoms with Crippen molar-refractivity contribution in [2.75, 3.05) is 13.7 Å². The van der Waals surface area contributed by atoms with Crippen molar-refractivity contribution in [3.05, 3.63) is 35.0 Å². The van der Waals surface area contributed by atoms with Crippen LogP contribution >= 0.6 is 0 Å². The van der Waals surface area contributed by atoms with Gasteiger partial charge in [-0.3, -0.25) is 9.87 Å². The summed E-state index contributed by atoms with van der Waals surface area (Å²) in [6, 6.07) is 7.58. The molecule has 0 radical (unpaired) electrons. The molecule has 0 aromatic heterocycles. The number of carbonyl (C=O) groups excluding carboxylic acids is 1. The molecule has 2 N–H and O–H groups in total. The predicted octanol–water partition coefficient (Wildman–Crippen LogP) is 3.06. The van der Waals surface area contributed by atoms with E-state index in [2.05, 4.69) is 19.5 Å². The maximum Gasteiger partial charge on any atom is 0.410 e. The Balaban J connectivity index is 1.58. The van der Waals surface area contributed by atoms with Gasteiger partial charge in [0.25, 0.3) is 0 Å². The van der Waals surface area contributed by atoms with Crippen LogP contribution in [0.2, 0.25) is 0 Å². The van der Waals surface area contributed by atoms with Crippen molar-refractivity contribution in [3.8, 4) is 0 Å². The Morgan fingerprint density at radius 1 is 0.935 bits per heavy atom. The molecule has 1 amide bonds. The van der Waals surface area contributed by atoms with Gasteiger partial charge >= 0.3 is 16.5 Å². The molecule has 2 rings (SSSR count). The Morgan fingerprint density at radius 3 is 1.90 bits per heavy atom. The minimum absolute atomic E-state index is 0.0365. The molecule has 9 nitrogen and oxygen atoms in total. The predicted molar refractivity (Wildman–Crippen MR) is 115 cm³/mol. The van der Waals surface area contributed by atoms with Crippen LogP contribution in [0.4, 0.5) is 4.79 Å². The smallest absolute Gasteiger partial charge is 0.410 e. The number of hydrogen-bond donors (Lipinski definition) is 2. The fraction of sp³-hybridized carbons (Fsp3) is 0.667. The molecule has 0 unspecified atom stereocenters. The minimum Gasteiger partial charge on any atom is -0.453 e. The standard InChI is InChI=1S/C21H33N3O6S/c1-29-20(25)24-21(22-18-14-10-11-15-19(18)23-21)16-12-8-6-4-2-3-5-7-9-13-17-30-31(26,27)28/h10-11,14-15H,2-9,12-13,16-17H2,1H3,(H,24,25)(H,26,27,28). The zero-order chi connectivity index (χ0) is 22.6. The molecule has 0 atom stereocenters. The number of unbranched alkanes of at least 4 members (excludes halogenated alkanes) is 9. The first-order valence-corrected chi connectivity index (χ1v) is 12.2. The number of ether oxygens (including phenoxy) is 1. The van der Waals surface area contributed by atoms with Gasteiger partial charge < -0.3 is 4.74 Å². The number of methoxy groups -OCH3 is 1. The summed E-state index contributed by atoms with van der Waals surface area (Å²) in [5.41, 5.74) is 0. The van der Waals surface area contributed by atoms with Crippen molar-refractivity contribution >= 4 is 16.5 Å². The summed E-state index contributed by atoms with van der Waals surface area (Å²) in [4.78, 5) is 21.1. The maximum atomic E-state index is 11.8. The normalized spacial score (nSPS) is 14.4. The van der Waals surface area contributed by atoms with Crippen LogP contribution in [0.5, 0.6) is 0 Å². The molecule has 1 aliphatic rings. The molecule has 10 heteroatoms. The number of para-hydroxylation sites is 2. The average molecular weight is 456 g/mol. The summed E-state index contributed by atoms with van der Waals surface area (Å²) in [5.74, 6) is -0.976. The lowest BCUT2D eigenvalue weighted by atomic mass is 10.0. The molecule has 0 bridgehead atoms. The largest absolute Gasteiger partial charge is 0.453 e. The number of benzene rings is 1. The quantitative estimate of drug-likeness (QED) is 0.309. The van der Waals surface area contributed by atoms with Gasteiger partial charge in [0, 0.05) is 6.42 Å². The average Bonchev–Trinajstić information content (AvgIpc) is 3.08. The molecule has 31 heavy (non-hydrogen) atoms. The highest BCUT2D eigenvalue weighted by atomic mass is 32.3. The molecular formula is C21H33N3O6S. The van der Waals surface area contributed by atoms with Crippen molar-refractivity contribution in [1.82, 2.24) is 5.32 Å². The van der Waals surface area contributed by atoms with Crippen LogP contribution < -0.4 is 16.0 Å². The second kappa shape index (κ2) is 12.7. The lowest BCUT2D eigenvalue weighted by Gasteiger charge is -2.23. The molecule has 1 aromatic rings. The molecule has 1 aliphatic heterocycles. The molecule has 174 valence electrons. The van der Waals surface area contributed by atoms with Gasteiger partial charge in [-0.2, -0.15) is 8.42 Å². The number of nitrogens with one attached hydrogen (secondary N) is 1. The topological polar surface area (TPSA) is 127 Å². The van der Waals surface area contributed by atoms with Crippen molar-refractivity contribution < 1.29 is 26.7 Å². The van der Waals surface area contributed by atoms with E-state index < -0.39 is 22.3 Å². The van der Waals surface area contributed by atoms with Crippen molar-refractivity contribution in [2.24, 2.45) is 9.98 Å². The number of carbonyl (C=O) groups is 1. The highest BCUT2D eigenvalue weighted by Gasteiger charge is 2.32. The fourth-order valence-corrected chi connectivity index (χ4v) is 3.90. The summed E-state index contributed by atoms with van der Waals surface area (Å²) in [7, 11) is -2.97. The number of nitrogens with zero attached hydrogens (tertiary/aromatic N) is 2. The molecule has 0 aliphatic carbocycles. The summed E-state index contributed by atoms with van der Waals surface area (Å²) in [6.45, 7) is 0.0365. The van der Waals surface area contributed by atoms with Crippen LogP contribution in [0, 0.1) is 0 Å². The zero-order valence-electron chi connectivity index (χ0n) is 18.1. The second-order valence-corrected chi connectivity index (χ2v) is 8.77. The monoisotopic (exact) mass is 455 g/mol. The summed E-state index contributed by atoms with van der Waals surface area (Å²) >= 11 is 0. The van der Waals surface area contributed by atoms with Crippen LogP contribution in [0.15, 0.2) is 34.3 Å². The third kappa shape index (κ3) is 9.75. The van der Waals surface area contributed by atoms with Crippen molar-refractivity contribution in [2.45, 2.75) is 76.4 Å². The minimum atomic E-state index is -4.31. The first kappa shape index (κ1) is 25.2. The van der Waals surface area contributed by atoms with E-state index in [0.717, 1.165) is 68.5 Å². The van der Waals surface area contributed by atoms with E-state index in [-0.39, 0.29) is 6.61 Å². The lowest BCUT2D eigenvalue weighted by Crippen LogP contribution is -2.45. The lowest BCUT2D eigenvalue weighted by molar-refractivity contribution is 0.154. The highest BCUT2D eigenvalue weighted by molar-refractivity contribution is 7.80. The zero-order valence-corrected chi connectivity index (χ0v) is 18.9. The Morgan fingerprint density at radius 2 is 1.42 bits per heavy atom. The van der Waals surface area contributed by atoms with Crippen LogP contribution in [-0.4, -0.2) is 38.6 Å². The van der Waals surface area contributed by atoms with E-state index in [4.69, 9.17) is 9.29 Å². The van der Waals surface area contributed by atoms with Gasteiger partial charge in [0.05, 0.1) is 24.4 Å². The molecule has 0 saturated carbocycles. The first-order chi connectivity index (χ1) is 14.8. The molecule has 1 heterocycles. The molecule has 0 fully saturated rings. The van der Waals surface area contributed by atoms with Crippen LogP contribution in [0.1, 0.15) is 70.6 Å². The summed E-state index contributed by atoms with van der Waals surface area (Å²) in [6.07, 6.45) is 10.3. The van der Waals surface area contributed by atoms with Crippen LogP contribution in [0.25, 0.3) is 0 Å². The number of alkyl carbamates (subject to hydrolysis) is 1. The summed E-state index contributed by atoms with van der Waals surface area (Å²) < 4.78 is 38.3. The van der Waals surface area contributed by atoms with E-state index in [1.54, 1.807) is 0 Å². The summed E-state index contributed by atoms with van der Waals surface area (Å²) in [5, 5.41) is 4.35. The van der Waals surface area contributed by atoms with Gasteiger partial charge in [0.15, 0.2) is 0 Å². The van der Waals surface area contributed by atoms with Gasteiger partial charge in [-0.15, -0.1) is 0 Å². The van der Waals surface area contributed by atoms with E-state index in [1.165, 1.54) is 7.11 Å². The molecular weight excluding hydrogens is 422 g/mol. The van der Waals surface area contributed by atoms with E-state index >= 15 is 0 Å². The van der Waals surface area contributed by atoms with Gasteiger partial charge in [-0.05, 0) is 25.0 Å². The highest BCUT2D eigenvalue weighted by Crippen LogP contribution is 2.21. The van der Waals surface area contributed by atoms with Gasteiger partial charge in [0.1, 0.15) is 0 Å². The van der Waals surface area contributed by atoms with E-state index in [9.17, 15) is 13.2 Å². The molecule has 0 saturated heterocycles. The Hall–Kier alpha value is -2.04. The van der Waals surface area contributed by atoms with E-state index in [1.807, 2.05) is 24.3 Å². The number of amides is 1. The third-order valence-corrected chi connectivity index (χ3v) is 5.60. The van der Waals surface area contributed by atoms with Gasteiger partial charge in [-0.25, -0.2) is 19.0 Å². The maximum absolute atomic E-state index is 11.8. The molecule has 0 spiro atoms. The van der Waals surface area contributed by atoms with Gasteiger partial charge in [-0.1, -0.05) is 63.5 Å². The van der Waals surface area contributed by atoms with Gasteiger partial charge in [0.2, 0.25) is 5.79 Å². The first-order valence-electron chi connectivity index (χ1n) is 10.9. The number of hydrogen-bond acceptors (Lipinski definition) is 7. The Kier molecular flexibility index (Phi) is 10.4. The van der Waals surface area contributed by atoms with E-state index in [0.29, 0.717) is 12.8 Å². The Labute approximate surface area is 183 Å². The van der Waals surface area contributed by atoms with Crippen molar-refractivity contribution in [1.29, 1.82) is 0 Å². The third-order valence-electron chi connectivity index (χ3n) is 5.13. The van der Waals surface area contributed by atoms with Crippen LogP contribution in [0.3, 0.4) is 0 Å². The molecule has 1 aromatic carbocycles. The number of rotatable bonds is 15. The van der Waals surface area contributed by atoms with Crippen molar-refractivity contribution in [3.63, 3.8) is 0 Å².